The van der Waals surface area contributed by atoms with Crippen LogP contribution in [0.2, 0.25) is 0 Å². The number of aromatic nitrogens is 2. The maximum atomic E-state index is 12.0. The summed E-state index contributed by atoms with van der Waals surface area (Å²) < 4.78 is 36.0. The molecule has 1 rings (SSSR count). The number of rotatable bonds is 3. The molecule has 0 amide bonds. The lowest BCUT2D eigenvalue weighted by atomic mass is 10.2. The molecule has 0 bridgehead atoms. The highest BCUT2D eigenvalue weighted by molar-refractivity contribution is 5.04. The van der Waals surface area contributed by atoms with Crippen LogP contribution in [0.15, 0.2) is 12.4 Å². The van der Waals surface area contributed by atoms with Gasteiger partial charge in [0.1, 0.15) is 0 Å². The van der Waals surface area contributed by atoms with Crippen molar-refractivity contribution < 1.29 is 13.2 Å². The highest BCUT2D eigenvalue weighted by Crippen LogP contribution is 2.20. The van der Waals surface area contributed by atoms with Gasteiger partial charge in [-0.05, 0) is 25.6 Å². The summed E-state index contributed by atoms with van der Waals surface area (Å²) in [5.41, 5.74) is 0.576. The number of hydrogen-bond acceptors (Lipinski definition) is 2. The summed E-state index contributed by atoms with van der Waals surface area (Å²) in [6.45, 7) is 0.642. The minimum absolute atomic E-state index is 0.0119. The van der Waals surface area contributed by atoms with Crippen molar-refractivity contribution in [3.8, 4) is 0 Å². The molecule has 1 heterocycles. The van der Waals surface area contributed by atoms with E-state index >= 15 is 0 Å². The topological polar surface area (TPSA) is 29.9 Å². The Morgan fingerprint density at radius 1 is 1.54 bits per heavy atom. The molecule has 13 heavy (non-hydrogen) atoms. The van der Waals surface area contributed by atoms with Crippen molar-refractivity contribution in [1.82, 2.24) is 15.1 Å². The third-order valence-electron chi connectivity index (χ3n) is 1.56. The fourth-order valence-electron chi connectivity index (χ4n) is 0.897. The fraction of sp³-hybridized carbons (Fsp3) is 0.571. The Hall–Kier alpha value is -1.04. The molecule has 0 saturated heterocycles. The number of alkyl halides is 3. The fourth-order valence-corrected chi connectivity index (χ4v) is 0.897. The van der Waals surface area contributed by atoms with Crippen LogP contribution in [0.25, 0.3) is 0 Å². The Morgan fingerprint density at radius 3 is 2.69 bits per heavy atom. The van der Waals surface area contributed by atoms with Crippen LogP contribution < -0.4 is 5.32 Å². The van der Waals surface area contributed by atoms with Gasteiger partial charge in [0.2, 0.25) is 0 Å². The molecule has 0 aliphatic heterocycles. The Balaban J connectivity index is 2.64. The molecule has 3 nitrogen and oxygen atoms in total. The number of nitrogens with zero attached hydrogens (tertiary/aromatic N) is 2. The first kappa shape index (κ1) is 10.0. The van der Waals surface area contributed by atoms with Crippen LogP contribution in [0.4, 0.5) is 13.2 Å². The van der Waals surface area contributed by atoms with E-state index in [-0.39, 0.29) is 4.68 Å². The van der Waals surface area contributed by atoms with Crippen LogP contribution in [0.3, 0.4) is 0 Å². The number of nitrogens with one attached hydrogen (secondary N) is 1. The van der Waals surface area contributed by atoms with Gasteiger partial charge in [0, 0.05) is 6.20 Å². The van der Waals surface area contributed by atoms with Crippen LogP contribution in [-0.2, 0) is 12.7 Å². The van der Waals surface area contributed by atoms with Crippen molar-refractivity contribution in [2.45, 2.75) is 12.7 Å². The standard InChI is InChI=1S/C7H10F3N3/c1-11-3-2-6-4-12-13(5-6)7(8,9)10/h4-5,11H,2-3H2,1H3. The van der Waals surface area contributed by atoms with Gasteiger partial charge in [-0.2, -0.15) is 9.78 Å². The first-order chi connectivity index (χ1) is 6.04. The van der Waals surface area contributed by atoms with Gasteiger partial charge in [0.25, 0.3) is 0 Å². The summed E-state index contributed by atoms with van der Waals surface area (Å²) in [6.07, 6.45) is -1.63. The maximum absolute atomic E-state index is 12.0. The van der Waals surface area contributed by atoms with Crippen LogP contribution in [0, 0.1) is 0 Å². The van der Waals surface area contributed by atoms with Gasteiger partial charge in [0.15, 0.2) is 0 Å². The Morgan fingerprint density at radius 2 is 2.23 bits per heavy atom. The minimum atomic E-state index is -4.40. The van der Waals surface area contributed by atoms with Gasteiger partial charge < -0.3 is 5.32 Å². The smallest absolute Gasteiger partial charge is 0.319 e. The Bertz CT molecular complexity index is 266. The second-order valence-corrected chi connectivity index (χ2v) is 2.61. The molecule has 0 aromatic carbocycles. The lowest BCUT2D eigenvalue weighted by Crippen LogP contribution is -2.16. The molecule has 1 aromatic rings. The Kier molecular flexibility index (Phi) is 2.92. The summed E-state index contributed by atoms with van der Waals surface area (Å²) in [6, 6.07) is 0. The third-order valence-corrected chi connectivity index (χ3v) is 1.56. The van der Waals surface area contributed by atoms with E-state index in [1.807, 2.05) is 0 Å². The van der Waals surface area contributed by atoms with E-state index in [1.54, 1.807) is 7.05 Å². The highest BCUT2D eigenvalue weighted by Gasteiger charge is 2.31. The molecular weight excluding hydrogens is 183 g/mol. The molecule has 0 fully saturated rings. The molecule has 74 valence electrons. The van der Waals surface area contributed by atoms with Gasteiger partial charge in [-0.1, -0.05) is 0 Å². The van der Waals surface area contributed by atoms with Crippen molar-refractivity contribution in [2.24, 2.45) is 0 Å². The SMILES string of the molecule is CNCCc1cnn(C(F)(F)F)c1. The van der Waals surface area contributed by atoms with E-state index in [4.69, 9.17) is 0 Å². The predicted molar refractivity (Wildman–Crippen MR) is 41.2 cm³/mol. The first-order valence-corrected chi connectivity index (χ1v) is 3.79. The van der Waals surface area contributed by atoms with E-state index in [9.17, 15) is 13.2 Å². The molecular formula is C7H10F3N3. The largest absolute Gasteiger partial charge is 0.504 e. The zero-order valence-electron chi connectivity index (χ0n) is 7.10. The number of halogens is 3. The molecule has 6 heteroatoms. The average Bonchev–Trinajstić information content (AvgIpc) is 2.47. The van der Waals surface area contributed by atoms with Gasteiger partial charge >= 0.3 is 6.30 Å². The molecule has 0 spiro atoms. The van der Waals surface area contributed by atoms with E-state index in [1.165, 1.54) is 6.20 Å². The van der Waals surface area contributed by atoms with Crippen molar-refractivity contribution in [3.63, 3.8) is 0 Å². The summed E-state index contributed by atoms with van der Waals surface area (Å²) in [5, 5.41) is 6.05. The third kappa shape index (κ3) is 2.73. The van der Waals surface area contributed by atoms with Gasteiger partial charge in [-0.15, -0.1) is 13.2 Å². The number of hydrogen-bond donors (Lipinski definition) is 1. The lowest BCUT2D eigenvalue weighted by molar-refractivity contribution is -0.212. The molecule has 1 aromatic heterocycles. The van der Waals surface area contributed by atoms with E-state index < -0.39 is 6.30 Å². The Labute approximate surface area is 73.5 Å². The average molecular weight is 193 g/mol. The van der Waals surface area contributed by atoms with Crippen LogP contribution in [0.5, 0.6) is 0 Å². The van der Waals surface area contributed by atoms with Crippen LogP contribution in [0.1, 0.15) is 5.56 Å². The highest BCUT2D eigenvalue weighted by atomic mass is 19.4. The summed E-state index contributed by atoms with van der Waals surface area (Å²) in [7, 11) is 1.74. The summed E-state index contributed by atoms with van der Waals surface area (Å²) in [4.78, 5) is 0. The first-order valence-electron chi connectivity index (χ1n) is 3.79. The van der Waals surface area contributed by atoms with Crippen molar-refractivity contribution in [1.29, 1.82) is 0 Å². The maximum Gasteiger partial charge on any atom is 0.504 e. The minimum Gasteiger partial charge on any atom is -0.319 e. The zero-order chi connectivity index (χ0) is 9.90. The van der Waals surface area contributed by atoms with Gasteiger partial charge in [0.05, 0.1) is 6.20 Å². The van der Waals surface area contributed by atoms with Gasteiger partial charge in [-0.25, -0.2) is 0 Å². The van der Waals surface area contributed by atoms with Crippen molar-refractivity contribution in [2.75, 3.05) is 13.6 Å². The lowest BCUT2D eigenvalue weighted by Gasteiger charge is -2.03. The molecule has 0 aliphatic rings. The zero-order valence-corrected chi connectivity index (χ0v) is 7.10. The number of likely N-dealkylation sites (N-methyl/N-ethyl adjacent to an activating group) is 1. The molecule has 0 radical (unpaired) electrons. The molecule has 0 saturated carbocycles. The van der Waals surface area contributed by atoms with Crippen LogP contribution >= 0.6 is 0 Å². The summed E-state index contributed by atoms with van der Waals surface area (Å²) in [5.74, 6) is 0. The molecule has 1 N–H and O–H groups in total. The van der Waals surface area contributed by atoms with Crippen LogP contribution in [-0.4, -0.2) is 23.4 Å². The van der Waals surface area contributed by atoms with E-state index in [2.05, 4.69) is 10.4 Å². The van der Waals surface area contributed by atoms with Gasteiger partial charge in [-0.3, -0.25) is 0 Å². The quantitative estimate of drug-likeness (QED) is 0.779. The summed E-state index contributed by atoms with van der Waals surface area (Å²) >= 11 is 0. The molecule has 0 aliphatic carbocycles. The van der Waals surface area contributed by atoms with Crippen molar-refractivity contribution in [3.05, 3.63) is 18.0 Å². The normalized spacial score (nSPS) is 12.0. The van der Waals surface area contributed by atoms with Crippen molar-refractivity contribution >= 4 is 0 Å². The monoisotopic (exact) mass is 193 g/mol. The second-order valence-electron chi connectivity index (χ2n) is 2.61. The van der Waals surface area contributed by atoms with E-state index in [0.29, 0.717) is 18.5 Å². The van der Waals surface area contributed by atoms with E-state index in [0.717, 1.165) is 6.20 Å². The second kappa shape index (κ2) is 3.78. The molecule has 0 atom stereocenters. The molecule has 0 unspecified atom stereocenters. The predicted octanol–water partition coefficient (Wildman–Crippen LogP) is 1.12.